The number of carboxylic acids is 1. The van der Waals surface area contributed by atoms with Gasteiger partial charge >= 0.3 is 5.97 Å². The first-order valence-corrected chi connectivity index (χ1v) is 6.31. The summed E-state index contributed by atoms with van der Waals surface area (Å²) in [4.78, 5) is 22.3. The molecule has 0 aliphatic carbocycles. The monoisotopic (exact) mass is 285 g/mol. The molecular formula is C15H15N3O3. The molecule has 1 heterocycles. The second kappa shape index (κ2) is 6.51. The Bertz CT molecular complexity index is 672. The van der Waals surface area contributed by atoms with E-state index in [1.807, 2.05) is 0 Å². The van der Waals surface area contributed by atoms with Gasteiger partial charge in [-0.15, -0.1) is 0 Å². The second-order valence-electron chi connectivity index (χ2n) is 4.54. The van der Waals surface area contributed by atoms with Gasteiger partial charge in [-0.25, -0.2) is 0 Å². The summed E-state index contributed by atoms with van der Waals surface area (Å²) in [6.07, 6.45) is 6.51. The van der Waals surface area contributed by atoms with Crippen LogP contribution >= 0.6 is 0 Å². The van der Waals surface area contributed by atoms with Crippen LogP contribution < -0.4 is 5.32 Å². The lowest BCUT2D eigenvalue weighted by Crippen LogP contribution is -2.08. The number of nitrogens with zero attached hydrogens (tertiary/aromatic N) is 2. The SMILES string of the molecule is Cn1cc(/C=C/C(=O)Nc2ccc(CC(=O)O)cc2)cn1. The van der Waals surface area contributed by atoms with Crippen LogP contribution in [0.25, 0.3) is 6.08 Å². The summed E-state index contributed by atoms with van der Waals surface area (Å²) in [5.41, 5.74) is 2.14. The highest BCUT2D eigenvalue weighted by Gasteiger charge is 2.02. The lowest BCUT2D eigenvalue weighted by atomic mass is 10.1. The van der Waals surface area contributed by atoms with Crippen molar-refractivity contribution in [3.8, 4) is 0 Å². The zero-order valence-electron chi connectivity index (χ0n) is 11.5. The third kappa shape index (κ3) is 4.61. The van der Waals surface area contributed by atoms with Crippen molar-refractivity contribution in [1.82, 2.24) is 9.78 Å². The van der Waals surface area contributed by atoms with E-state index < -0.39 is 5.97 Å². The Morgan fingerprint density at radius 1 is 1.33 bits per heavy atom. The minimum Gasteiger partial charge on any atom is -0.481 e. The van der Waals surface area contributed by atoms with Crippen LogP contribution in [0.15, 0.2) is 42.7 Å². The summed E-state index contributed by atoms with van der Waals surface area (Å²) in [7, 11) is 1.80. The smallest absolute Gasteiger partial charge is 0.307 e. The van der Waals surface area contributed by atoms with E-state index >= 15 is 0 Å². The highest BCUT2D eigenvalue weighted by molar-refractivity contribution is 6.01. The third-order valence-electron chi connectivity index (χ3n) is 2.73. The molecule has 0 aliphatic rings. The molecule has 0 unspecified atom stereocenters. The molecule has 0 bridgehead atoms. The molecule has 2 N–H and O–H groups in total. The highest BCUT2D eigenvalue weighted by Crippen LogP contribution is 2.10. The van der Waals surface area contributed by atoms with E-state index in [4.69, 9.17) is 5.11 Å². The first kappa shape index (κ1) is 14.5. The fraction of sp³-hybridized carbons (Fsp3) is 0.133. The average Bonchev–Trinajstić information content (AvgIpc) is 2.84. The number of rotatable bonds is 5. The van der Waals surface area contributed by atoms with E-state index in [0.29, 0.717) is 11.3 Å². The number of amides is 1. The molecule has 1 aromatic carbocycles. The van der Waals surface area contributed by atoms with Crippen molar-refractivity contribution in [3.63, 3.8) is 0 Å². The second-order valence-corrected chi connectivity index (χ2v) is 4.54. The predicted octanol–water partition coefficient (Wildman–Crippen LogP) is 1.70. The number of carbonyl (C=O) groups is 2. The Morgan fingerprint density at radius 3 is 2.62 bits per heavy atom. The Hall–Kier alpha value is -2.89. The van der Waals surface area contributed by atoms with Crippen LogP contribution in [0.2, 0.25) is 0 Å². The van der Waals surface area contributed by atoms with Crippen LogP contribution in [0.5, 0.6) is 0 Å². The summed E-state index contributed by atoms with van der Waals surface area (Å²) in [5, 5.41) is 15.4. The van der Waals surface area contributed by atoms with Crippen LogP contribution in [-0.2, 0) is 23.1 Å². The molecular weight excluding hydrogens is 270 g/mol. The quantitative estimate of drug-likeness (QED) is 0.819. The van der Waals surface area contributed by atoms with Crippen molar-refractivity contribution < 1.29 is 14.7 Å². The molecule has 0 saturated carbocycles. The average molecular weight is 285 g/mol. The number of carboxylic acid groups (broad SMARTS) is 1. The molecule has 6 heteroatoms. The van der Waals surface area contributed by atoms with Gasteiger partial charge in [-0.05, 0) is 23.8 Å². The van der Waals surface area contributed by atoms with E-state index in [1.54, 1.807) is 54.5 Å². The summed E-state index contributed by atoms with van der Waals surface area (Å²) in [6.45, 7) is 0. The number of carbonyl (C=O) groups excluding carboxylic acids is 1. The van der Waals surface area contributed by atoms with Gasteiger partial charge in [0.25, 0.3) is 0 Å². The Morgan fingerprint density at radius 2 is 2.05 bits per heavy atom. The molecule has 1 amide bonds. The van der Waals surface area contributed by atoms with Gasteiger partial charge in [0.2, 0.25) is 5.91 Å². The van der Waals surface area contributed by atoms with Gasteiger partial charge in [0, 0.05) is 30.6 Å². The lowest BCUT2D eigenvalue weighted by Gasteiger charge is -2.03. The van der Waals surface area contributed by atoms with Crippen molar-refractivity contribution in [2.45, 2.75) is 6.42 Å². The van der Waals surface area contributed by atoms with Crippen molar-refractivity contribution in [3.05, 3.63) is 53.9 Å². The van der Waals surface area contributed by atoms with Gasteiger partial charge in [-0.2, -0.15) is 5.10 Å². The van der Waals surface area contributed by atoms with E-state index in [1.165, 1.54) is 6.08 Å². The Labute approximate surface area is 121 Å². The summed E-state index contributed by atoms with van der Waals surface area (Å²) in [5.74, 6) is -1.14. The van der Waals surface area contributed by atoms with E-state index in [2.05, 4.69) is 10.4 Å². The summed E-state index contributed by atoms with van der Waals surface area (Å²) in [6, 6.07) is 6.70. The molecule has 2 aromatic rings. The van der Waals surface area contributed by atoms with Gasteiger partial charge in [-0.3, -0.25) is 14.3 Å². The maximum atomic E-state index is 11.7. The number of aromatic nitrogens is 2. The fourth-order valence-corrected chi connectivity index (χ4v) is 1.76. The largest absolute Gasteiger partial charge is 0.481 e. The minimum absolute atomic E-state index is 0.0326. The molecule has 0 fully saturated rings. The predicted molar refractivity (Wildman–Crippen MR) is 78.7 cm³/mol. The van der Waals surface area contributed by atoms with Crippen molar-refractivity contribution in [2.75, 3.05) is 5.32 Å². The van der Waals surface area contributed by atoms with E-state index in [-0.39, 0.29) is 12.3 Å². The van der Waals surface area contributed by atoms with Crippen LogP contribution in [0, 0.1) is 0 Å². The number of hydrogen-bond acceptors (Lipinski definition) is 3. The number of aliphatic carboxylic acids is 1. The fourth-order valence-electron chi connectivity index (χ4n) is 1.76. The first-order valence-electron chi connectivity index (χ1n) is 6.31. The molecule has 2 rings (SSSR count). The van der Waals surface area contributed by atoms with E-state index in [9.17, 15) is 9.59 Å². The van der Waals surface area contributed by atoms with Crippen LogP contribution in [0.4, 0.5) is 5.69 Å². The molecule has 1 aromatic heterocycles. The molecule has 0 spiro atoms. The van der Waals surface area contributed by atoms with Crippen molar-refractivity contribution in [2.24, 2.45) is 7.05 Å². The van der Waals surface area contributed by atoms with Gasteiger partial charge in [0.05, 0.1) is 12.6 Å². The summed E-state index contributed by atoms with van der Waals surface area (Å²) >= 11 is 0. The maximum Gasteiger partial charge on any atom is 0.307 e. The van der Waals surface area contributed by atoms with Crippen LogP contribution in [0.1, 0.15) is 11.1 Å². The maximum absolute atomic E-state index is 11.7. The first-order chi connectivity index (χ1) is 10.0. The molecule has 0 aliphatic heterocycles. The Balaban J connectivity index is 1.93. The van der Waals surface area contributed by atoms with Gasteiger partial charge in [0.1, 0.15) is 0 Å². The van der Waals surface area contributed by atoms with Gasteiger partial charge < -0.3 is 10.4 Å². The number of anilines is 1. The molecule has 21 heavy (non-hydrogen) atoms. The normalized spacial score (nSPS) is 10.7. The zero-order chi connectivity index (χ0) is 15.2. The molecule has 6 nitrogen and oxygen atoms in total. The van der Waals surface area contributed by atoms with Crippen molar-refractivity contribution >= 4 is 23.6 Å². The van der Waals surface area contributed by atoms with Gasteiger partial charge in [-0.1, -0.05) is 12.1 Å². The van der Waals surface area contributed by atoms with E-state index in [0.717, 1.165) is 5.56 Å². The number of nitrogens with one attached hydrogen (secondary N) is 1. The standard InChI is InChI=1S/C15H15N3O3/c1-18-10-12(9-16-18)4-7-14(19)17-13-5-2-11(3-6-13)8-15(20)21/h2-7,9-10H,8H2,1H3,(H,17,19)(H,20,21)/b7-4+. The Kier molecular flexibility index (Phi) is 4.50. The minimum atomic E-state index is -0.883. The molecule has 0 radical (unpaired) electrons. The van der Waals surface area contributed by atoms with Crippen molar-refractivity contribution in [1.29, 1.82) is 0 Å². The third-order valence-corrected chi connectivity index (χ3v) is 2.73. The highest BCUT2D eigenvalue weighted by atomic mass is 16.4. The zero-order valence-corrected chi connectivity index (χ0v) is 11.5. The van der Waals surface area contributed by atoms with Gasteiger partial charge in [0.15, 0.2) is 0 Å². The molecule has 108 valence electrons. The lowest BCUT2D eigenvalue weighted by molar-refractivity contribution is -0.136. The molecule has 0 atom stereocenters. The van der Waals surface area contributed by atoms with Crippen LogP contribution in [0.3, 0.4) is 0 Å². The number of hydrogen-bond donors (Lipinski definition) is 2. The van der Waals surface area contributed by atoms with Crippen LogP contribution in [-0.4, -0.2) is 26.8 Å². The summed E-state index contributed by atoms with van der Waals surface area (Å²) < 4.78 is 1.65. The molecule has 0 saturated heterocycles. The number of aryl methyl sites for hydroxylation is 1. The topological polar surface area (TPSA) is 84.2 Å². The number of benzene rings is 1.